The molecule has 0 aliphatic carbocycles. The molecule has 3 aromatic rings. The highest BCUT2D eigenvalue weighted by Gasteiger charge is 2.04. The first-order valence-corrected chi connectivity index (χ1v) is 6.39. The van der Waals surface area contributed by atoms with E-state index in [4.69, 9.17) is 11.6 Å². The first-order valence-electron chi connectivity index (χ1n) is 6.01. The van der Waals surface area contributed by atoms with Gasteiger partial charge < -0.3 is 10.3 Å². The normalized spacial score (nSPS) is 10.7. The Morgan fingerprint density at radius 2 is 2.15 bits per heavy atom. The Morgan fingerprint density at radius 1 is 1.30 bits per heavy atom. The number of hydrogen-bond donors (Lipinski definition) is 2. The Balaban J connectivity index is 2.03. The predicted octanol–water partition coefficient (Wildman–Crippen LogP) is 3.02. The number of nitrogens with zero attached hydrogens (tertiary/aromatic N) is 2. The topological polar surface area (TPSA) is 70.7 Å². The number of halogens is 1. The number of anilines is 2. The molecule has 0 aliphatic rings. The highest BCUT2D eigenvalue weighted by atomic mass is 35.5. The van der Waals surface area contributed by atoms with Crippen molar-refractivity contribution in [3.63, 3.8) is 0 Å². The van der Waals surface area contributed by atoms with Gasteiger partial charge in [0.1, 0.15) is 5.82 Å². The molecule has 0 saturated carbocycles. The van der Waals surface area contributed by atoms with Crippen LogP contribution in [0.15, 0.2) is 41.5 Å². The molecule has 0 unspecified atom stereocenters. The smallest absolute Gasteiger partial charge is 0.255 e. The van der Waals surface area contributed by atoms with Crippen molar-refractivity contribution in [2.45, 2.75) is 6.92 Å². The van der Waals surface area contributed by atoms with Crippen LogP contribution in [0.2, 0.25) is 5.28 Å². The van der Waals surface area contributed by atoms with Crippen molar-refractivity contribution in [1.82, 2.24) is 15.0 Å². The molecule has 2 aromatic heterocycles. The molecule has 0 bridgehead atoms. The molecule has 20 heavy (non-hydrogen) atoms. The van der Waals surface area contributed by atoms with Crippen LogP contribution < -0.4 is 10.9 Å². The molecular formula is C14H11ClN4O. The van der Waals surface area contributed by atoms with E-state index >= 15 is 0 Å². The number of aromatic amines is 1. The van der Waals surface area contributed by atoms with Crippen LogP contribution in [0, 0.1) is 6.92 Å². The predicted molar refractivity (Wildman–Crippen MR) is 79.6 cm³/mol. The average molecular weight is 287 g/mol. The highest BCUT2D eigenvalue weighted by molar-refractivity contribution is 6.28. The maximum atomic E-state index is 11.6. The van der Waals surface area contributed by atoms with Gasteiger partial charge in [-0.1, -0.05) is 0 Å². The molecule has 2 N–H and O–H groups in total. The highest BCUT2D eigenvalue weighted by Crippen LogP contribution is 2.21. The fourth-order valence-corrected chi connectivity index (χ4v) is 2.09. The van der Waals surface area contributed by atoms with Crippen molar-refractivity contribution >= 4 is 33.9 Å². The van der Waals surface area contributed by atoms with Crippen molar-refractivity contribution < 1.29 is 0 Å². The van der Waals surface area contributed by atoms with Gasteiger partial charge in [0, 0.05) is 29.0 Å². The largest absolute Gasteiger partial charge is 0.340 e. The van der Waals surface area contributed by atoms with Gasteiger partial charge in [0.15, 0.2) is 0 Å². The van der Waals surface area contributed by atoms with E-state index in [1.54, 1.807) is 18.5 Å². The number of nitrogens with one attached hydrogen (secondary N) is 2. The molecule has 5 nitrogen and oxygen atoms in total. The summed E-state index contributed by atoms with van der Waals surface area (Å²) in [5, 5.41) is 4.87. The summed E-state index contributed by atoms with van der Waals surface area (Å²) in [5.74, 6) is 0.647. The van der Waals surface area contributed by atoms with Crippen LogP contribution in [0.4, 0.5) is 11.5 Å². The van der Waals surface area contributed by atoms with Gasteiger partial charge in [0.05, 0.1) is 0 Å². The van der Waals surface area contributed by atoms with E-state index in [1.807, 2.05) is 25.1 Å². The van der Waals surface area contributed by atoms with Crippen LogP contribution in [0.5, 0.6) is 0 Å². The van der Waals surface area contributed by atoms with Crippen LogP contribution in [0.25, 0.3) is 10.8 Å². The van der Waals surface area contributed by atoms with E-state index < -0.39 is 0 Å². The van der Waals surface area contributed by atoms with Crippen LogP contribution >= 0.6 is 11.6 Å². The summed E-state index contributed by atoms with van der Waals surface area (Å²) < 4.78 is 0. The summed E-state index contributed by atoms with van der Waals surface area (Å²) >= 11 is 5.79. The fourth-order valence-electron chi connectivity index (χ4n) is 1.95. The molecular weight excluding hydrogens is 276 g/mol. The van der Waals surface area contributed by atoms with Gasteiger partial charge in [-0.15, -0.1) is 0 Å². The molecule has 1 aromatic carbocycles. The molecule has 0 amide bonds. The Bertz CT molecular complexity index is 844. The third-order valence-electron chi connectivity index (χ3n) is 2.98. The second-order valence-corrected chi connectivity index (χ2v) is 4.74. The number of rotatable bonds is 2. The lowest BCUT2D eigenvalue weighted by molar-refractivity contribution is 1.13. The van der Waals surface area contributed by atoms with E-state index in [0.717, 1.165) is 16.6 Å². The summed E-state index contributed by atoms with van der Waals surface area (Å²) in [7, 11) is 0. The molecule has 0 radical (unpaired) electrons. The van der Waals surface area contributed by atoms with Gasteiger partial charge >= 0.3 is 0 Å². The lowest BCUT2D eigenvalue weighted by Gasteiger charge is -2.09. The van der Waals surface area contributed by atoms with Crippen molar-refractivity contribution in [3.8, 4) is 0 Å². The molecule has 3 rings (SSSR count). The maximum Gasteiger partial charge on any atom is 0.255 e. The van der Waals surface area contributed by atoms with Gasteiger partial charge in [-0.05, 0) is 48.2 Å². The number of fused-ring (bicyclic) bond motifs is 1. The van der Waals surface area contributed by atoms with Crippen LogP contribution in [-0.2, 0) is 0 Å². The SMILES string of the molecule is Cc1cnc(Cl)nc1Nc1ccc2c(=O)[nH]ccc2c1. The summed E-state index contributed by atoms with van der Waals surface area (Å²) in [6.45, 7) is 1.89. The minimum Gasteiger partial charge on any atom is -0.340 e. The lowest BCUT2D eigenvalue weighted by Crippen LogP contribution is -2.04. The van der Waals surface area contributed by atoms with E-state index in [-0.39, 0.29) is 10.8 Å². The number of aryl methyl sites for hydroxylation is 1. The second kappa shape index (κ2) is 4.94. The monoisotopic (exact) mass is 286 g/mol. The van der Waals surface area contributed by atoms with Crippen LogP contribution in [0.1, 0.15) is 5.56 Å². The van der Waals surface area contributed by atoms with Gasteiger partial charge in [-0.3, -0.25) is 4.79 Å². The third kappa shape index (κ3) is 2.35. The van der Waals surface area contributed by atoms with Gasteiger partial charge in [0.2, 0.25) is 5.28 Å². The van der Waals surface area contributed by atoms with Gasteiger partial charge in [-0.25, -0.2) is 9.97 Å². The molecule has 0 spiro atoms. The fraction of sp³-hybridized carbons (Fsp3) is 0.0714. The van der Waals surface area contributed by atoms with E-state index in [2.05, 4.69) is 20.3 Å². The van der Waals surface area contributed by atoms with Crippen LogP contribution in [0.3, 0.4) is 0 Å². The first kappa shape index (κ1) is 12.6. The Hall–Kier alpha value is -2.40. The van der Waals surface area contributed by atoms with Crippen molar-refractivity contribution in [2.24, 2.45) is 0 Å². The van der Waals surface area contributed by atoms with Crippen molar-refractivity contribution in [1.29, 1.82) is 0 Å². The quantitative estimate of drug-likeness (QED) is 0.710. The number of aromatic nitrogens is 3. The molecule has 0 fully saturated rings. The summed E-state index contributed by atoms with van der Waals surface area (Å²) in [6, 6.07) is 7.34. The zero-order valence-corrected chi connectivity index (χ0v) is 11.4. The zero-order valence-electron chi connectivity index (χ0n) is 10.6. The maximum absolute atomic E-state index is 11.6. The summed E-state index contributed by atoms with van der Waals surface area (Å²) in [6.07, 6.45) is 3.28. The number of hydrogen-bond acceptors (Lipinski definition) is 4. The number of pyridine rings is 1. The number of H-pyrrole nitrogens is 1. The molecule has 2 heterocycles. The Morgan fingerprint density at radius 3 is 3.00 bits per heavy atom. The standard InChI is InChI=1S/C14H11ClN4O/c1-8-7-17-14(15)19-12(8)18-10-2-3-11-9(6-10)4-5-16-13(11)20/h2-7H,1H3,(H,16,20)(H,17,18,19). The average Bonchev–Trinajstić information content (AvgIpc) is 2.43. The second-order valence-electron chi connectivity index (χ2n) is 4.40. The molecule has 0 aliphatic heterocycles. The van der Waals surface area contributed by atoms with Crippen molar-refractivity contribution in [3.05, 3.63) is 57.9 Å². The summed E-state index contributed by atoms with van der Waals surface area (Å²) in [4.78, 5) is 22.3. The lowest BCUT2D eigenvalue weighted by atomic mass is 10.1. The van der Waals surface area contributed by atoms with E-state index in [9.17, 15) is 4.79 Å². The van der Waals surface area contributed by atoms with Crippen molar-refractivity contribution in [2.75, 3.05) is 5.32 Å². The third-order valence-corrected chi connectivity index (χ3v) is 3.16. The molecule has 100 valence electrons. The van der Waals surface area contributed by atoms with Crippen LogP contribution in [-0.4, -0.2) is 15.0 Å². The molecule has 0 saturated heterocycles. The minimum absolute atomic E-state index is 0.102. The Kier molecular flexibility index (Phi) is 3.12. The summed E-state index contributed by atoms with van der Waals surface area (Å²) in [5.41, 5.74) is 1.62. The first-order chi connectivity index (χ1) is 9.63. The van der Waals surface area contributed by atoms with Gasteiger partial charge in [0.25, 0.3) is 5.56 Å². The Labute approximate surface area is 119 Å². The number of benzene rings is 1. The molecule has 6 heteroatoms. The van der Waals surface area contributed by atoms with E-state index in [1.165, 1.54) is 0 Å². The zero-order chi connectivity index (χ0) is 14.1. The molecule has 0 atom stereocenters. The van der Waals surface area contributed by atoms with E-state index in [0.29, 0.717) is 11.2 Å². The van der Waals surface area contributed by atoms with Gasteiger partial charge in [-0.2, -0.15) is 0 Å². The minimum atomic E-state index is -0.102.